The summed E-state index contributed by atoms with van der Waals surface area (Å²) in [6.07, 6.45) is 15.0. The second kappa shape index (κ2) is 22.2. The first kappa shape index (κ1) is 30.7. The third-order valence-electron chi connectivity index (χ3n) is 4.97. The third kappa shape index (κ3) is 15.9. The molecule has 0 aromatic rings. The van der Waals surface area contributed by atoms with Crippen molar-refractivity contribution >= 4 is 35.8 Å². The Labute approximate surface area is 196 Å². The Morgan fingerprint density at radius 1 is 0.517 bits per heavy atom. The summed E-state index contributed by atoms with van der Waals surface area (Å²) in [5, 5.41) is 0. The van der Waals surface area contributed by atoms with Gasteiger partial charge in [0.25, 0.3) is 0 Å². The van der Waals surface area contributed by atoms with Crippen LogP contribution >= 0.6 is 0 Å². The Morgan fingerprint density at radius 2 is 0.828 bits per heavy atom. The van der Waals surface area contributed by atoms with E-state index in [1.165, 1.54) is 51.4 Å². The van der Waals surface area contributed by atoms with Gasteiger partial charge >= 0.3 is 35.8 Å². The average molecular weight is 519 g/mol. The van der Waals surface area contributed by atoms with Crippen molar-refractivity contribution in [1.82, 2.24) is 0 Å². The van der Waals surface area contributed by atoms with E-state index in [-0.39, 0.29) is 35.8 Å². The van der Waals surface area contributed by atoms with Crippen molar-refractivity contribution in [3.05, 3.63) is 11.1 Å². The van der Waals surface area contributed by atoms with Crippen molar-refractivity contribution < 1.29 is 19.1 Å². The molecule has 0 spiro atoms. The molecule has 0 saturated carbocycles. The molecule has 5 heteroatoms. The number of esters is 2. The molecule has 4 nitrogen and oxygen atoms in total. The number of hydrogen-bond donors (Lipinski definition) is 0. The number of ether oxygens (including phenoxy) is 2. The van der Waals surface area contributed by atoms with E-state index >= 15 is 0 Å². The zero-order valence-corrected chi connectivity index (χ0v) is 18.9. The van der Waals surface area contributed by atoms with Gasteiger partial charge in [-0.05, 0) is 39.5 Å². The Kier molecular flexibility index (Phi) is 23.4. The maximum atomic E-state index is 12.5. The fraction of sp³-hybridized carbons (Fsp3) is 0.833. The average Bonchev–Trinajstić information content (AvgIpc) is 2.68. The molecule has 0 atom stereocenters. The SMILES string of the molecule is CCCCCCCC/C(C(=O)OCC)=C(\CCCCCCCC)C(=O)OCC.[SnH4]. The van der Waals surface area contributed by atoms with Crippen molar-refractivity contribution in [1.29, 1.82) is 0 Å². The predicted octanol–water partition coefficient (Wildman–Crippen LogP) is 5.46. The second-order valence-corrected chi connectivity index (χ2v) is 7.43. The molecule has 0 aliphatic heterocycles. The zero-order valence-electron chi connectivity index (χ0n) is 18.9. The van der Waals surface area contributed by atoms with Gasteiger partial charge in [-0.25, -0.2) is 9.59 Å². The van der Waals surface area contributed by atoms with Crippen molar-refractivity contribution in [2.45, 2.75) is 118 Å². The second-order valence-electron chi connectivity index (χ2n) is 7.43. The molecule has 0 unspecified atom stereocenters. The van der Waals surface area contributed by atoms with Gasteiger partial charge in [-0.1, -0.05) is 78.1 Å². The standard InChI is InChI=1S/C24H44O4.Sn.4H/c1-5-9-11-13-15-17-19-21(23(25)27-7-3)22(24(26)28-8-4)20-18-16-14-12-10-6-2;;;;;/h5-20H2,1-4H3;;;;;/b22-21-;;;;;. The Bertz CT molecular complexity index is 406. The summed E-state index contributed by atoms with van der Waals surface area (Å²) in [5.41, 5.74) is 1.09. The van der Waals surface area contributed by atoms with Crippen LogP contribution in [0.3, 0.4) is 0 Å². The molecule has 0 aromatic carbocycles. The van der Waals surface area contributed by atoms with Crippen molar-refractivity contribution in [3.63, 3.8) is 0 Å². The van der Waals surface area contributed by atoms with Crippen LogP contribution in [-0.4, -0.2) is 49.1 Å². The van der Waals surface area contributed by atoms with Crippen LogP contribution in [0.1, 0.15) is 118 Å². The van der Waals surface area contributed by atoms with Gasteiger partial charge in [0.15, 0.2) is 0 Å². The van der Waals surface area contributed by atoms with Crippen LogP contribution in [0.15, 0.2) is 11.1 Å². The Morgan fingerprint density at radius 3 is 1.14 bits per heavy atom. The summed E-state index contributed by atoms with van der Waals surface area (Å²) < 4.78 is 10.5. The summed E-state index contributed by atoms with van der Waals surface area (Å²) in [6, 6.07) is 0. The van der Waals surface area contributed by atoms with E-state index in [2.05, 4.69) is 13.8 Å². The van der Waals surface area contributed by atoms with Crippen LogP contribution in [0.2, 0.25) is 0 Å². The van der Waals surface area contributed by atoms with Gasteiger partial charge in [0.05, 0.1) is 13.2 Å². The Hall–Kier alpha value is -0.521. The molecule has 0 saturated heterocycles. The summed E-state index contributed by atoms with van der Waals surface area (Å²) in [4.78, 5) is 25.1. The number of hydrogen-bond acceptors (Lipinski definition) is 4. The minimum atomic E-state index is -0.343. The predicted molar refractivity (Wildman–Crippen MR) is 128 cm³/mol. The van der Waals surface area contributed by atoms with Crippen LogP contribution in [0.4, 0.5) is 0 Å². The van der Waals surface area contributed by atoms with Crippen LogP contribution in [0.25, 0.3) is 0 Å². The van der Waals surface area contributed by atoms with Gasteiger partial charge in [0.2, 0.25) is 0 Å². The van der Waals surface area contributed by atoms with Gasteiger partial charge in [-0.15, -0.1) is 0 Å². The van der Waals surface area contributed by atoms with E-state index in [1.807, 2.05) is 0 Å². The van der Waals surface area contributed by atoms with E-state index in [9.17, 15) is 9.59 Å². The van der Waals surface area contributed by atoms with E-state index in [0.29, 0.717) is 37.2 Å². The molecule has 0 rings (SSSR count). The molecule has 0 radical (unpaired) electrons. The summed E-state index contributed by atoms with van der Waals surface area (Å²) in [5.74, 6) is -0.685. The van der Waals surface area contributed by atoms with E-state index < -0.39 is 0 Å². The van der Waals surface area contributed by atoms with Gasteiger partial charge in [0, 0.05) is 11.1 Å². The topological polar surface area (TPSA) is 52.6 Å². The minimum absolute atomic E-state index is 0. The number of unbranched alkanes of at least 4 members (excludes halogenated alkanes) is 10. The van der Waals surface area contributed by atoms with E-state index in [0.717, 1.165) is 25.7 Å². The monoisotopic (exact) mass is 520 g/mol. The fourth-order valence-corrected chi connectivity index (χ4v) is 3.35. The molecule has 0 bridgehead atoms. The molecule has 0 heterocycles. The van der Waals surface area contributed by atoms with Gasteiger partial charge < -0.3 is 9.47 Å². The molecule has 0 amide bonds. The number of rotatable bonds is 18. The first-order valence-corrected chi connectivity index (χ1v) is 11.7. The summed E-state index contributed by atoms with van der Waals surface area (Å²) in [6.45, 7) is 8.67. The molecule has 0 aromatic heterocycles. The van der Waals surface area contributed by atoms with E-state index in [4.69, 9.17) is 9.47 Å². The van der Waals surface area contributed by atoms with Crippen LogP contribution in [0.5, 0.6) is 0 Å². The molecule has 0 aliphatic rings. The third-order valence-corrected chi connectivity index (χ3v) is 4.97. The van der Waals surface area contributed by atoms with E-state index in [1.54, 1.807) is 13.8 Å². The van der Waals surface area contributed by atoms with Gasteiger partial charge in [0.1, 0.15) is 0 Å². The molecule has 0 fully saturated rings. The summed E-state index contributed by atoms with van der Waals surface area (Å²) in [7, 11) is 0. The quantitative estimate of drug-likeness (QED) is 0.105. The molecule has 0 N–H and O–H groups in total. The summed E-state index contributed by atoms with van der Waals surface area (Å²) >= 11 is 0. The van der Waals surface area contributed by atoms with Crippen molar-refractivity contribution in [2.24, 2.45) is 0 Å². The first-order valence-electron chi connectivity index (χ1n) is 11.7. The van der Waals surface area contributed by atoms with Gasteiger partial charge in [-0.2, -0.15) is 0 Å². The van der Waals surface area contributed by atoms with Crippen LogP contribution in [0, 0.1) is 0 Å². The number of carbonyl (C=O) groups excluding carboxylic acids is 2. The molecule has 29 heavy (non-hydrogen) atoms. The molecule has 0 aliphatic carbocycles. The first-order chi connectivity index (χ1) is 13.6. The van der Waals surface area contributed by atoms with Gasteiger partial charge in [-0.3, -0.25) is 0 Å². The fourth-order valence-electron chi connectivity index (χ4n) is 3.35. The zero-order chi connectivity index (χ0) is 21.0. The Balaban J connectivity index is 0. The maximum absolute atomic E-state index is 12.5. The molecular weight excluding hydrogens is 471 g/mol. The number of carbonyl (C=O) groups is 2. The van der Waals surface area contributed by atoms with Crippen LogP contribution < -0.4 is 0 Å². The van der Waals surface area contributed by atoms with Crippen molar-refractivity contribution in [2.75, 3.05) is 13.2 Å². The van der Waals surface area contributed by atoms with Crippen LogP contribution in [-0.2, 0) is 19.1 Å². The molecule has 172 valence electrons. The normalized spacial score (nSPS) is 11.4. The molecular formula is C24H48O4Sn. The van der Waals surface area contributed by atoms with Crippen molar-refractivity contribution in [3.8, 4) is 0 Å².